The van der Waals surface area contributed by atoms with Crippen molar-refractivity contribution in [3.05, 3.63) is 102 Å². The number of hydrogen-bond acceptors (Lipinski definition) is 4. The Morgan fingerprint density at radius 2 is 1.35 bits per heavy atom. The molecule has 0 aliphatic heterocycles. The van der Waals surface area contributed by atoms with Crippen molar-refractivity contribution < 1.29 is 13.5 Å². The van der Waals surface area contributed by atoms with Crippen LogP contribution in [0.1, 0.15) is 36.9 Å². The van der Waals surface area contributed by atoms with Gasteiger partial charge in [0.1, 0.15) is 5.60 Å². The standard InChI is InChI=1S/C28H30N2O3S/c1-29(2)27(23-12-5-3-6-13-23)17-19-28(31,20-18-27)26-21-22-11-9-10-16-25(22)30(26)34(32,33)24-14-7-4-8-15-24/h3-16,21,31H,17-20H2,1-2H3. The van der Waals surface area contributed by atoms with Crippen LogP contribution in [-0.2, 0) is 21.2 Å². The maximum atomic E-state index is 13.8. The second-order valence-electron chi connectivity index (χ2n) is 9.49. The summed E-state index contributed by atoms with van der Waals surface area (Å²) in [5, 5.41) is 12.8. The number of fused-ring (bicyclic) bond motifs is 1. The Labute approximate surface area is 201 Å². The second kappa shape index (κ2) is 8.38. The summed E-state index contributed by atoms with van der Waals surface area (Å²) in [5.41, 5.74) is 0.789. The third-order valence-electron chi connectivity index (χ3n) is 7.50. The molecular weight excluding hydrogens is 444 g/mol. The average Bonchev–Trinajstić information content (AvgIpc) is 3.27. The minimum Gasteiger partial charge on any atom is -0.384 e. The van der Waals surface area contributed by atoms with E-state index in [4.69, 9.17) is 0 Å². The van der Waals surface area contributed by atoms with Gasteiger partial charge >= 0.3 is 0 Å². The molecule has 1 saturated carbocycles. The fourth-order valence-corrected chi connectivity index (χ4v) is 7.10. The molecule has 0 atom stereocenters. The first-order valence-electron chi connectivity index (χ1n) is 11.6. The van der Waals surface area contributed by atoms with E-state index in [2.05, 4.69) is 31.1 Å². The second-order valence-corrected chi connectivity index (χ2v) is 11.3. The van der Waals surface area contributed by atoms with Gasteiger partial charge in [0.15, 0.2) is 0 Å². The molecule has 0 unspecified atom stereocenters. The molecular formula is C28H30N2O3S. The largest absolute Gasteiger partial charge is 0.384 e. The number of aliphatic hydroxyl groups is 1. The molecule has 0 spiro atoms. The van der Waals surface area contributed by atoms with Crippen LogP contribution < -0.4 is 0 Å². The Morgan fingerprint density at radius 3 is 1.97 bits per heavy atom. The predicted octanol–water partition coefficient (Wildman–Crippen LogP) is 5.10. The van der Waals surface area contributed by atoms with Gasteiger partial charge in [-0.25, -0.2) is 12.4 Å². The maximum Gasteiger partial charge on any atom is 0.268 e. The molecule has 176 valence electrons. The van der Waals surface area contributed by atoms with Gasteiger partial charge in [-0.1, -0.05) is 66.7 Å². The molecule has 1 aromatic heterocycles. The van der Waals surface area contributed by atoms with E-state index in [1.54, 1.807) is 36.4 Å². The van der Waals surface area contributed by atoms with E-state index in [-0.39, 0.29) is 10.4 Å². The highest BCUT2D eigenvalue weighted by molar-refractivity contribution is 7.90. The van der Waals surface area contributed by atoms with Gasteiger partial charge in [-0.3, -0.25) is 4.90 Å². The van der Waals surface area contributed by atoms with E-state index in [9.17, 15) is 13.5 Å². The highest BCUT2D eigenvalue weighted by Crippen LogP contribution is 2.49. The molecule has 34 heavy (non-hydrogen) atoms. The van der Waals surface area contributed by atoms with Crippen LogP contribution in [0.15, 0.2) is 95.9 Å². The van der Waals surface area contributed by atoms with Gasteiger partial charge in [0.25, 0.3) is 10.0 Å². The minimum absolute atomic E-state index is 0.206. The number of aromatic nitrogens is 1. The summed E-state index contributed by atoms with van der Waals surface area (Å²) in [6, 6.07) is 28.1. The lowest BCUT2D eigenvalue weighted by Crippen LogP contribution is -2.48. The zero-order chi connectivity index (χ0) is 24.0. The van der Waals surface area contributed by atoms with Crippen LogP contribution in [0.2, 0.25) is 0 Å². The number of para-hydroxylation sites is 1. The summed E-state index contributed by atoms with van der Waals surface area (Å²) in [5.74, 6) is 0. The summed E-state index contributed by atoms with van der Waals surface area (Å²) in [6.45, 7) is 0. The monoisotopic (exact) mass is 474 g/mol. The van der Waals surface area contributed by atoms with Crippen LogP contribution in [-0.4, -0.2) is 36.5 Å². The van der Waals surface area contributed by atoms with E-state index >= 15 is 0 Å². The normalized spacial score (nSPS) is 23.4. The summed E-state index contributed by atoms with van der Waals surface area (Å²) < 4.78 is 29.0. The smallest absolute Gasteiger partial charge is 0.268 e. The van der Waals surface area contributed by atoms with Crippen molar-refractivity contribution in [2.45, 2.75) is 41.7 Å². The summed E-state index contributed by atoms with van der Waals surface area (Å²) in [6.07, 6.45) is 2.35. The molecule has 6 heteroatoms. The quantitative estimate of drug-likeness (QED) is 0.437. The van der Waals surface area contributed by atoms with Crippen LogP contribution in [0.5, 0.6) is 0 Å². The molecule has 0 bridgehead atoms. The van der Waals surface area contributed by atoms with Crippen LogP contribution in [0.3, 0.4) is 0 Å². The number of hydrogen-bond donors (Lipinski definition) is 1. The lowest BCUT2D eigenvalue weighted by atomic mass is 9.69. The number of rotatable bonds is 5. The first-order valence-corrected chi connectivity index (χ1v) is 13.1. The first kappa shape index (κ1) is 22.8. The molecule has 1 aliphatic rings. The molecule has 1 N–H and O–H groups in total. The average molecular weight is 475 g/mol. The molecule has 0 saturated heterocycles. The lowest BCUT2D eigenvalue weighted by molar-refractivity contribution is -0.0539. The number of benzene rings is 3. The highest BCUT2D eigenvalue weighted by Gasteiger charge is 2.47. The zero-order valence-electron chi connectivity index (χ0n) is 19.6. The van der Waals surface area contributed by atoms with E-state index in [0.29, 0.717) is 36.9 Å². The van der Waals surface area contributed by atoms with Crippen molar-refractivity contribution in [3.8, 4) is 0 Å². The maximum absolute atomic E-state index is 13.8. The van der Waals surface area contributed by atoms with Crippen LogP contribution >= 0.6 is 0 Å². The van der Waals surface area contributed by atoms with E-state index in [1.165, 1.54) is 9.54 Å². The van der Waals surface area contributed by atoms with Gasteiger partial charge in [-0.15, -0.1) is 0 Å². The third-order valence-corrected chi connectivity index (χ3v) is 9.24. The van der Waals surface area contributed by atoms with Crippen molar-refractivity contribution in [2.75, 3.05) is 14.1 Å². The van der Waals surface area contributed by atoms with Gasteiger partial charge in [-0.05, 0) is 69.6 Å². The fourth-order valence-electron chi connectivity index (χ4n) is 5.49. The van der Waals surface area contributed by atoms with E-state index < -0.39 is 15.6 Å². The van der Waals surface area contributed by atoms with Crippen molar-refractivity contribution in [3.63, 3.8) is 0 Å². The molecule has 0 radical (unpaired) electrons. The molecule has 1 fully saturated rings. The van der Waals surface area contributed by atoms with E-state index in [0.717, 1.165) is 5.39 Å². The Hall–Kier alpha value is -2.93. The van der Waals surface area contributed by atoms with Crippen LogP contribution in [0, 0.1) is 0 Å². The van der Waals surface area contributed by atoms with Crippen LogP contribution in [0.25, 0.3) is 10.9 Å². The van der Waals surface area contributed by atoms with Gasteiger partial charge in [0.2, 0.25) is 0 Å². The molecule has 1 heterocycles. The molecule has 5 nitrogen and oxygen atoms in total. The third kappa shape index (κ3) is 3.57. The molecule has 0 amide bonds. The SMILES string of the molecule is CN(C)C1(c2ccccc2)CCC(O)(c2cc3ccccc3n2S(=O)(=O)c2ccccc2)CC1. The summed E-state index contributed by atoms with van der Waals surface area (Å²) in [4.78, 5) is 2.45. The summed E-state index contributed by atoms with van der Waals surface area (Å²) in [7, 11) is 0.264. The summed E-state index contributed by atoms with van der Waals surface area (Å²) >= 11 is 0. The van der Waals surface area contributed by atoms with Crippen molar-refractivity contribution >= 4 is 20.9 Å². The van der Waals surface area contributed by atoms with Gasteiger partial charge in [0, 0.05) is 10.9 Å². The first-order chi connectivity index (χ1) is 16.3. The number of nitrogens with zero attached hydrogens (tertiary/aromatic N) is 2. The minimum atomic E-state index is -3.89. The Bertz CT molecular complexity index is 1400. The predicted molar refractivity (Wildman–Crippen MR) is 135 cm³/mol. The van der Waals surface area contributed by atoms with E-state index in [1.807, 2.05) is 42.5 Å². The topological polar surface area (TPSA) is 62.5 Å². The molecule has 3 aromatic carbocycles. The highest BCUT2D eigenvalue weighted by atomic mass is 32.2. The van der Waals surface area contributed by atoms with Gasteiger partial charge in [0.05, 0.1) is 16.1 Å². The van der Waals surface area contributed by atoms with Crippen LogP contribution in [0.4, 0.5) is 0 Å². The molecule has 1 aliphatic carbocycles. The van der Waals surface area contributed by atoms with Gasteiger partial charge < -0.3 is 5.11 Å². The van der Waals surface area contributed by atoms with Crippen molar-refractivity contribution in [1.82, 2.24) is 8.87 Å². The zero-order valence-corrected chi connectivity index (χ0v) is 20.4. The Morgan fingerprint density at radius 1 is 0.794 bits per heavy atom. The van der Waals surface area contributed by atoms with Crippen molar-refractivity contribution in [1.29, 1.82) is 0 Å². The molecule has 5 rings (SSSR count). The Balaban J connectivity index is 1.62. The fraction of sp³-hybridized carbons (Fsp3) is 0.286. The Kier molecular flexibility index (Phi) is 5.63. The molecule has 4 aromatic rings. The van der Waals surface area contributed by atoms with Gasteiger partial charge in [-0.2, -0.15) is 0 Å². The lowest BCUT2D eigenvalue weighted by Gasteiger charge is -2.48. The van der Waals surface area contributed by atoms with Crippen molar-refractivity contribution in [2.24, 2.45) is 0 Å².